The van der Waals surface area contributed by atoms with Crippen molar-refractivity contribution in [3.63, 3.8) is 0 Å². The molecule has 146 valence electrons. The Kier molecular flexibility index (Phi) is 7.75. The number of likely N-dealkylation sites (N-methyl/N-ethyl adjacent to an activating group) is 2. The smallest absolute Gasteiger partial charge is 0.323 e. The number of hydrogen-bond donors (Lipinski definition) is 2. The first kappa shape index (κ1) is 20.1. The van der Waals surface area contributed by atoms with Crippen molar-refractivity contribution in [1.29, 1.82) is 0 Å². The summed E-state index contributed by atoms with van der Waals surface area (Å²) < 4.78 is 10.9. The Morgan fingerprint density at radius 2 is 1.88 bits per heavy atom. The van der Waals surface area contributed by atoms with Crippen LogP contribution in [0.5, 0.6) is 6.01 Å². The van der Waals surface area contributed by atoms with Crippen LogP contribution in [0.25, 0.3) is 0 Å². The lowest BCUT2D eigenvalue weighted by atomic mass is 10.3. The fraction of sp³-hybridized carbons (Fsp3) is 0.733. The van der Waals surface area contributed by atoms with Gasteiger partial charge >= 0.3 is 6.01 Å². The number of carbonyl (C=O) groups is 1. The van der Waals surface area contributed by atoms with Crippen LogP contribution in [0.15, 0.2) is 0 Å². The maximum absolute atomic E-state index is 11.2. The molecular formula is C15H28N8O3. The normalized spacial score (nSPS) is 15.1. The molecule has 0 spiro atoms. The minimum Gasteiger partial charge on any atom is -0.461 e. The maximum atomic E-state index is 11.2. The summed E-state index contributed by atoms with van der Waals surface area (Å²) in [6.07, 6.45) is 0. The molecule has 1 fully saturated rings. The molecule has 0 radical (unpaired) electrons. The second kappa shape index (κ2) is 10.0. The molecule has 2 rings (SSSR count). The Labute approximate surface area is 153 Å². The quantitative estimate of drug-likeness (QED) is 0.442. The number of carbonyl (C=O) groups excluding carboxylic acids is 1. The highest BCUT2D eigenvalue weighted by Gasteiger charge is 2.20. The van der Waals surface area contributed by atoms with E-state index in [-0.39, 0.29) is 12.6 Å². The van der Waals surface area contributed by atoms with Crippen LogP contribution >= 0.6 is 0 Å². The number of rotatable bonds is 10. The third kappa shape index (κ3) is 6.24. The minimum atomic E-state index is -0.466. The number of amides is 1. The third-order valence-corrected chi connectivity index (χ3v) is 3.83. The number of primary amides is 1. The fourth-order valence-electron chi connectivity index (χ4n) is 2.40. The summed E-state index contributed by atoms with van der Waals surface area (Å²) in [4.78, 5) is 30.2. The molecule has 0 unspecified atom stereocenters. The lowest BCUT2D eigenvalue weighted by molar-refractivity contribution is -0.116. The van der Waals surface area contributed by atoms with E-state index >= 15 is 0 Å². The molecule has 0 atom stereocenters. The zero-order valence-electron chi connectivity index (χ0n) is 15.4. The number of nitrogens with two attached hydrogens (primary N) is 2. The van der Waals surface area contributed by atoms with Crippen molar-refractivity contribution >= 4 is 17.8 Å². The second-order valence-electron chi connectivity index (χ2n) is 6.08. The van der Waals surface area contributed by atoms with Crippen LogP contribution < -0.4 is 26.0 Å². The summed E-state index contributed by atoms with van der Waals surface area (Å²) in [6, 6.07) is 0.191. The molecule has 1 aromatic rings. The van der Waals surface area contributed by atoms with Gasteiger partial charge in [-0.1, -0.05) is 0 Å². The Hall–Kier alpha value is -2.24. The molecule has 26 heavy (non-hydrogen) atoms. The van der Waals surface area contributed by atoms with Gasteiger partial charge in [-0.3, -0.25) is 4.79 Å². The summed E-state index contributed by atoms with van der Waals surface area (Å²) in [7, 11) is 3.77. The fourth-order valence-corrected chi connectivity index (χ4v) is 2.40. The van der Waals surface area contributed by atoms with Gasteiger partial charge in [-0.15, -0.1) is 0 Å². The molecule has 11 heteroatoms. The number of piperazine rings is 1. The predicted octanol–water partition coefficient (Wildman–Crippen LogP) is -2.10. The Morgan fingerprint density at radius 1 is 1.15 bits per heavy atom. The molecule has 2 heterocycles. The van der Waals surface area contributed by atoms with E-state index in [9.17, 15) is 4.79 Å². The van der Waals surface area contributed by atoms with E-state index in [1.165, 1.54) is 0 Å². The van der Waals surface area contributed by atoms with Crippen LogP contribution in [0.1, 0.15) is 0 Å². The number of aromatic nitrogens is 3. The van der Waals surface area contributed by atoms with E-state index in [4.69, 9.17) is 20.9 Å². The number of nitrogens with zero attached hydrogens (tertiary/aromatic N) is 6. The van der Waals surface area contributed by atoms with Crippen molar-refractivity contribution in [2.75, 3.05) is 83.0 Å². The molecular weight excluding hydrogens is 340 g/mol. The van der Waals surface area contributed by atoms with E-state index in [0.717, 1.165) is 26.2 Å². The highest BCUT2D eigenvalue weighted by Crippen LogP contribution is 2.18. The summed E-state index contributed by atoms with van der Waals surface area (Å²) in [5.74, 6) is 0.398. The van der Waals surface area contributed by atoms with Crippen molar-refractivity contribution in [1.82, 2.24) is 19.9 Å². The number of hydrogen-bond acceptors (Lipinski definition) is 10. The highest BCUT2D eigenvalue weighted by atomic mass is 16.5. The van der Waals surface area contributed by atoms with Gasteiger partial charge in [0.05, 0.1) is 19.8 Å². The Balaban J connectivity index is 2.11. The molecule has 1 amide bonds. The molecule has 0 saturated carbocycles. The molecule has 0 bridgehead atoms. The van der Waals surface area contributed by atoms with Crippen molar-refractivity contribution in [2.24, 2.45) is 11.5 Å². The van der Waals surface area contributed by atoms with Gasteiger partial charge in [0.1, 0.15) is 6.61 Å². The molecule has 0 aliphatic carbocycles. The summed E-state index contributed by atoms with van der Waals surface area (Å²) in [5.41, 5.74) is 10.6. The van der Waals surface area contributed by atoms with Gasteiger partial charge in [-0.05, 0) is 7.05 Å². The molecule has 1 aliphatic heterocycles. The van der Waals surface area contributed by atoms with Gasteiger partial charge in [0, 0.05) is 39.8 Å². The first-order valence-electron chi connectivity index (χ1n) is 8.59. The molecule has 1 aliphatic rings. The molecule has 0 aromatic carbocycles. The van der Waals surface area contributed by atoms with E-state index < -0.39 is 5.91 Å². The monoisotopic (exact) mass is 368 g/mol. The lowest BCUT2D eigenvalue weighted by Crippen LogP contribution is -2.45. The van der Waals surface area contributed by atoms with Crippen LogP contribution in [0.2, 0.25) is 0 Å². The number of anilines is 2. The van der Waals surface area contributed by atoms with Gasteiger partial charge in [0.2, 0.25) is 17.8 Å². The highest BCUT2D eigenvalue weighted by molar-refractivity contribution is 5.78. The Bertz CT molecular complexity index is 580. The van der Waals surface area contributed by atoms with Crippen molar-refractivity contribution < 1.29 is 14.3 Å². The largest absolute Gasteiger partial charge is 0.461 e. The van der Waals surface area contributed by atoms with E-state index in [1.54, 1.807) is 11.9 Å². The average molecular weight is 368 g/mol. The Morgan fingerprint density at radius 3 is 2.54 bits per heavy atom. The summed E-state index contributed by atoms with van der Waals surface area (Å²) >= 11 is 0. The van der Waals surface area contributed by atoms with Crippen molar-refractivity contribution in [3.8, 4) is 6.01 Å². The third-order valence-electron chi connectivity index (χ3n) is 3.83. The average Bonchev–Trinajstić information content (AvgIpc) is 2.61. The zero-order valence-corrected chi connectivity index (χ0v) is 15.4. The predicted molar refractivity (Wildman–Crippen MR) is 97.4 cm³/mol. The van der Waals surface area contributed by atoms with Crippen LogP contribution in [0, 0.1) is 0 Å². The standard InChI is InChI=1S/C15H28N8O3/c1-21-4-6-23(7-5-21)14-18-13(22(2)11-12(17)24)19-15(20-14)26-10-9-25-8-3-16/h3-11,16H2,1-2H3,(H2,17,24). The molecule has 4 N–H and O–H groups in total. The van der Waals surface area contributed by atoms with E-state index in [0.29, 0.717) is 38.3 Å². The van der Waals surface area contributed by atoms with E-state index in [2.05, 4.69) is 31.8 Å². The van der Waals surface area contributed by atoms with Gasteiger partial charge in [0.15, 0.2) is 0 Å². The molecule has 1 aromatic heterocycles. The molecule has 11 nitrogen and oxygen atoms in total. The van der Waals surface area contributed by atoms with Gasteiger partial charge < -0.3 is 35.6 Å². The topological polar surface area (TPSA) is 136 Å². The van der Waals surface area contributed by atoms with E-state index in [1.807, 2.05) is 0 Å². The minimum absolute atomic E-state index is 0.00520. The van der Waals surface area contributed by atoms with Crippen LogP contribution in [0.3, 0.4) is 0 Å². The van der Waals surface area contributed by atoms with Gasteiger partial charge in [-0.25, -0.2) is 0 Å². The van der Waals surface area contributed by atoms with Crippen molar-refractivity contribution in [2.45, 2.75) is 0 Å². The zero-order chi connectivity index (χ0) is 18.9. The second-order valence-corrected chi connectivity index (χ2v) is 6.08. The SMILES string of the molecule is CN1CCN(c2nc(OCCOCCN)nc(N(C)CC(N)=O)n2)CC1. The maximum Gasteiger partial charge on any atom is 0.323 e. The first-order valence-corrected chi connectivity index (χ1v) is 8.59. The summed E-state index contributed by atoms with van der Waals surface area (Å²) in [5, 5.41) is 0. The van der Waals surface area contributed by atoms with Gasteiger partial charge in [0.25, 0.3) is 0 Å². The van der Waals surface area contributed by atoms with Gasteiger partial charge in [-0.2, -0.15) is 15.0 Å². The van der Waals surface area contributed by atoms with Crippen LogP contribution in [-0.4, -0.2) is 98.9 Å². The van der Waals surface area contributed by atoms with Crippen molar-refractivity contribution in [3.05, 3.63) is 0 Å². The summed E-state index contributed by atoms with van der Waals surface area (Å²) in [6.45, 7) is 5.07. The molecule has 1 saturated heterocycles. The number of ether oxygens (including phenoxy) is 2. The van der Waals surface area contributed by atoms with Crippen LogP contribution in [0.4, 0.5) is 11.9 Å². The first-order chi connectivity index (χ1) is 12.5. The lowest BCUT2D eigenvalue weighted by Gasteiger charge is -2.32. The van der Waals surface area contributed by atoms with Crippen LogP contribution in [-0.2, 0) is 9.53 Å².